The van der Waals surface area contributed by atoms with Crippen molar-refractivity contribution in [2.24, 2.45) is 5.92 Å². The zero-order valence-electron chi connectivity index (χ0n) is 12.3. The molecule has 0 heterocycles. The third kappa shape index (κ3) is 7.14. The van der Waals surface area contributed by atoms with Crippen LogP contribution >= 0.6 is 11.6 Å². The largest absolute Gasteiger partial charge is 0.481 e. The van der Waals surface area contributed by atoms with Gasteiger partial charge in [-0.1, -0.05) is 43.1 Å². The zero-order valence-corrected chi connectivity index (χ0v) is 13.0. The molecular weight excluding hydrogens is 290 g/mol. The first-order valence-electron chi connectivity index (χ1n) is 7.23. The Morgan fingerprint density at radius 1 is 1.24 bits per heavy atom. The summed E-state index contributed by atoms with van der Waals surface area (Å²) >= 11 is 6.08. The number of rotatable bonds is 9. The number of aliphatic carboxylic acids is 1. The maximum absolute atomic E-state index is 12.0. The van der Waals surface area contributed by atoms with Crippen LogP contribution in [-0.4, -0.2) is 23.5 Å². The summed E-state index contributed by atoms with van der Waals surface area (Å²) in [7, 11) is 0. The molecule has 1 aromatic carbocycles. The van der Waals surface area contributed by atoms with Crippen molar-refractivity contribution in [3.8, 4) is 0 Å². The van der Waals surface area contributed by atoms with Crippen LogP contribution in [0.4, 0.5) is 0 Å². The van der Waals surface area contributed by atoms with Gasteiger partial charge in [0.25, 0.3) is 0 Å². The fourth-order valence-corrected chi connectivity index (χ4v) is 2.26. The van der Waals surface area contributed by atoms with Crippen LogP contribution in [0, 0.1) is 5.92 Å². The van der Waals surface area contributed by atoms with E-state index in [1.54, 1.807) is 0 Å². The lowest BCUT2D eigenvalue weighted by molar-refractivity contribution is -0.137. The van der Waals surface area contributed by atoms with Gasteiger partial charge < -0.3 is 10.4 Å². The molecule has 116 valence electrons. The third-order valence-electron chi connectivity index (χ3n) is 3.30. The molecule has 21 heavy (non-hydrogen) atoms. The van der Waals surface area contributed by atoms with E-state index in [-0.39, 0.29) is 18.2 Å². The molecule has 1 rings (SSSR count). The Hall–Kier alpha value is -1.55. The van der Waals surface area contributed by atoms with Gasteiger partial charge in [0.2, 0.25) is 5.91 Å². The highest BCUT2D eigenvalue weighted by Crippen LogP contribution is 2.18. The van der Waals surface area contributed by atoms with E-state index in [9.17, 15) is 9.59 Å². The maximum atomic E-state index is 12.0. The molecule has 0 aliphatic rings. The normalized spacial score (nSPS) is 11.9. The first kappa shape index (κ1) is 17.5. The van der Waals surface area contributed by atoms with Gasteiger partial charge in [-0.3, -0.25) is 9.59 Å². The van der Waals surface area contributed by atoms with Gasteiger partial charge in [-0.2, -0.15) is 0 Å². The first-order valence-corrected chi connectivity index (χ1v) is 7.61. The van der Waals surface area contributed by atoms with Crippen LogP contribution in [0.25, 0.3) is 0 Å². The number of hydrogen-bond acceptors (Lipinski definition) is 2. The second-order valence-corrected chi connectivity index (χ2v) is 5.60. The lowest BCUT2D eigenvalue weighted by Crippen LogP contribution is -2.31. The summed E-state index contributed by atoms with van der Waals surface area (Å²) in [4.78, 5) is 22.3. The molecule has 0 saturated heterocycles. The average molecular weight is 312 g/mol. The molecule has 1 aromatic rings. The number of carbonyl (C=O) groups is 2. The van der Waals surface area contributed by atoms with Gasteiger partial charge in [0.05, 0.1) is 0 Å². The highest BCUT2D eigenvalue weighted by molar-refractivity contribution is 6.31. The monoisotopic (exact) mass is 311 g/mol. The van der Waals surface area contributed by atoms with E-state index in [1.165, 1.54) is 0 Å². The number of carboxylic acid groups (broad SMARTS) is 1. The first-order chi connectivity index (χ1) is 10.0. The molecule has 0 spiro atoms. The second kappa shape index (κ2) is 9.40. The highest BCUT2D eigenvalue weighted by atomic mass is 35.5. The summed E-state index contributed by atoms with van der Waals surface area (Å²) in [6.07, 6.45) is 3.07. The minimum absolute atomic E-state index is 0.00755. The Kier molecular flexibility index (Phi) is 7.83. The van der Waals surface area contributed by atoms with E-state index >= 15 is 0 Å². The highest BCUT2D eigenvalue weighted by Gasteiger charge is 2.14. The Morgan fingerprint density at radius 3 is 2.62 bits per heavy atom. The number of benzene rings is 1. The minimum Gasteiger partial charge on any atom is -0.481 e. The number of carbonyl (C=O) groups excluding carboxylic acids is 1. The molecule has 1 amide bonds. The fraction of sp³-hybridized carbons (Fsp3) is 0.500. The van der Waals surface area contributed by atoms with Crippen molar-refractivity contribution < 1.29 is 14.7 Å². The Balaban J connectivity index is 2.23. The molecule has 0 aromatic heterocycles. The van der Waals surface area contributed by atoms with Crippen LogP contribution < -0.4 is 5.32 Å². The molecular formula is C16H22ClNO3. The molecule has 4 nitrogen and oxygen atoms in total. The van der Waals surface area contributed by atoms with Crippen molar-refractivity contribution >= 4 is 23.5 Å². The van der Waals surface area contributed by atoms with Crippen molar-refractivity contribution in [2.45, 2.75) is 39.0 Å². The maximum Gasteiger partial charge on any atom is 0.303 e. The van der Waals surface area contributed by atoms with Crippen LogP contribution in [0.2, 0.25) is 5.02 Å². The van der Waals surface area contributed by atoms with Crippen LogP contribution in [0.1, 0.15) is 38.2 Å². The Labute approximate surface area is 130 Å². The van der Waals surface area contributed by atoms with Crippen molar-refractivity contribution in [1.82, 2.24) is 5.32 Å². The van der Waals surface area contributed by atoms with E-state index < -0.39 is 5.97 Å². The van der Waals surface area contributed by atoms with Crippen molar-refractivity contribution in [2.75, 3.05) is 6.54 Å². The number of unbranched alkanes of at least 4 members (excludes halogenated alkanes) is 2. The Morgan fingerprint density at radius 2 is 1.95 bits per heavy atom. The van der Waals surface area contributed by atoms with Crippen LogP contribution in [0.5, 0.6) is 0 Å². The summed E-state index contributed by atoms with van der Waals surface area (Å²) in [6.45, 7) is 2.47. The molecule has 0 radical (unpaired) electrons. The fourth-order valence-electron chi connectivity index (χ4n) is 2.05. The number of halogens is 1. The predicted octanol–water partition coefficient (Wildman–Crippen LogP) is 3.28. The molecule has 2 N–H and O–H groups in total. The summed E-state index contributed by atoms with van der Waals surface area (Å²) < 4.78 is 0. The molecule has 1 unspecified atom stereocenters. The third-order valence-corrected chi connectivity index (χ3v) is 3.67. The summed E-state index contributed by atoms with van der Waals surface area (Å²) in [5.74, 6) is -0.899. The summed E-state index contributed by atoms with van der Waals surface area (Å²) in [6, 6.07) is 7.53. The quantitative estimate of drug-likeness (QED) is 0.688. The topological polar surface area (TPSA) is 66.4 Å². The van der Waals surface area contributed by atoms with Crippen molar-refractivity contribution in [1.29, 1.82) is 0 Å². The standard InChI is InChI=1S/C16H22ClNO3/c1-12(11-13-7-4-5-8-14(13)17)16(21)18-10-6-2-3-9-15(19)20/h4-5,7-8,12H,2-3,6,9-11H2,1H3,(H,18,21)(H,19,20). The predicted molar refractivity (Wildman–Crippen MR) is 83.4 cm³/mol. The van der Waals surface area contributed by atoms with E-state index in [1.807, 2.05) is 31.2 Å². The zero-order chi connectivity index (χ0) is 15.7. The molecule has 0 bridgehead atoms. The van der Waals surface area contributed by atoms with E-state index in [0.717, 1.165) is 18.4 Å². The SMILES string of the molecule is CC(Cc1ccccc1Cl)C(=O)NCCCCCC(=O)O. The van der Waals surface area contributed by atoms with Gasteiger partial charge in [-0.15, -0.1) is 0 Å². The van der Waals surface area contributed by atoms with Gasteiger partial charge in [0, 0.05) is 23.9 Å². The van der Waals surface area contributed by atoms with Gasteiger partial charge in [0.1, 0.15) is 0 Å². The van der Waals surface area contributed by atoms with Gasteiger partial charge >= 0.3 is 5.97 Å². The number of hydrogen-bond donors (Lipinski definition) is 2. The molecule has 5 heteroatoms. The summed E-state index contributed by atoms with van der Waals surface area (Å²) in [5, 5.41) is 12.1. The average Bonchev–Trinajstić information content (AvgIpc) is 2.44. The van der Waals surface area contributed by atoms with E-state index in [2.05, 4.69) is 5.32 Å². The second-order valence-electron chi connectivity index (χ2n) is 5.19. The molecule has 1 atom stereocenters. The van der Waals surface area contributed by atoms with Crippen LogP contribution in [0.15, 0.2) is 24.3 Å². The molecule has 0 fully saturated rings. The van der Waals surface area contributed by atoms with Crippen LogP contribution in [0.3, 0.4) is 0 Å². The summed E-state index contributed by atoms with van der Waals surface area (Å²) in [5.41, 5.74) is 0.975. The van der Waals surface area contributed by atoms with E-state index in [0.29, 0.717) is 24.4 Å². The number of amides is 1. The van der Waals surface area contributed by atoms with Crippen molar-refractivity contribution in [3.63, 3.8) is 0 Å². The van der Waals surface area contributed by atoms with Gasteiger partial charge in [0.15, 0.2) is 0 Å². The van der Waals surface area contributed by atoms with Crippen LogP contribution in [-0.2, 0) is 16.0 Å². The van der Waals surface area contributed by atoms with E-state index in [4.69, 9.17) is 16.7 Å². The number of nitrogens with one attached hydrogen (secondary N) is 1. The lowest BCUT2D eigenvalue weighted by atomic mass is 10.0. The molecule has 0 aliphatic heterocycles. The molecule has 0 saturated carbocycles. The van der Waals surface area contributed by atoms with Gasteiger partial charge in [-0.05, 0) is 30.9 Å². The van der Waals surface area contributed by atoms with Crippen molar-refractivity contribution in [3.05, 3.63) is 34.9 Å². The lowest BCUT2D eigenvalue weighted by Gasteiger charge is -2.13. The molecule has 0 aliphatic carbocycles. The Bertz CT molecular complexity index is 476. The number of carboxylic acids is 1. The minimum atomic E-state index is -0.771. The smallest absolute Gasteiger partial charge is 0.303 e. The van der Waals surface area contributed by atoms with Gasteiger partial charge in [-0.25, -0.2) is 0 Å².